The van der Waals surface area contributed by atoms with E-state index in [4.69, 9.17) is 9.47 Å². The van der Waals surface area contributed by atoms with E-state index in [-0.39, 0.29) is 12.1 Å². The molecule has 2 aromatic carbocycles. The van der Waals surface area contributed by atoms with E-state index in [0.29, 0.717) is 81.7 Å². The van der Waals surface area contributed by atoms with E-state index in [1.807, 2.05) is 61.2 Å². The van der Waals surface area contributed by atoms with Crippen molar-refractivity contribution in [1.29, 1.82) is 0 Å². The molecule has 2 saturated heterocycles. The average molecular weight is 766 g/mol. The largest absolute Gasteiger partial charge is 0.496 e. The molecule has 56 heavy (non-hydrogen) atoms. The van der Waals surface area contributed by atoms with Crippen LogP contribution in [0.25, 0.3) is 21.3 Å². The molecule has 0 radical (unpaired) electrons. The number of H-pyrrole nitrogens is 1. The molecule has 3 aromatic rings. The number of carbonyl (C=O) groups excluding carboxylic acids is 2. The number of carbonyl (C=O) groups is 2. The molecular weight excluding hydrogens is 715 g/mol. The minimum Gasteiger partial charge on any atom is -0.496 e. The molecule has 0 bridgehead atoms. The molecule has 1 amide bonds. The van der Waals surface area contributed by atoms with Gasteiger partial charge in [-0.2, -0.15) is 0 Å². The molecule has 5 aliphatic heterocycles. The van der Waals surface area contributed by atoms with Crippen LogP contribution in [-0.2, 0) is 31.6 Å². The van der Waals surface area contributed by atoms with Gasteiger partial charge in [0.2, 0.25) is 0 Å². The smallest absolute Gasteiger partial charge is 0.322 e. The number of nitrogens with one attached hydrogen (secondary N) is 1. The van der Waals surface area contributed by atoms with Crippen molar-refractivity contribution in [2.45, 2.75) is 98.6 Å². The zero-order valence-corrected chi connectivity index (χ0v) is 32.7. The lowest BCUT2D eigenvalue weighted by Crippen LogP contribution is -2.80. The summed E-state index contributed by atoms with van der Waals surface area (Å²) >= 11 is 0. The van der Waals surface area contributed by atoms with Gasteiger partial charge in [-0.3, -0.25) is 19.4 Å². The summed E-state index contributed by atoms with van der Waals surface area (Å²) in [5, 5.41) is 41.5. The average Bonchev–Trinajstić information content (AvgIpc) is 3.94. The molecule has 14 nitrogen and oxygen atoms in total. The number of esters is 1. The number of para-hydroxylation sites is 1. The van der Waals surface area contributed by atoms with Gasteiger partial charge in [-0.05, 0) is 79.0 Å². The molecule has 3 fully saturated rings. The highest BCUT2D eigenvalue weighted by atomic mass is 16.5. The number of nitrogens with zero attached hydrogens (tertiary/aromatic N) is 6. The Morgan fingerprint density at radius 1 is 1.05 bits per heavy atom. The number of aliphatic hydroxyl groups excluding tert-OH is 1. The lowest BCUT2D eigenvalue weighted by Gasteiger charge is -2.63. The van der Waals surface area contributed by atoms with Crippen molar-refractivity contribution in [2.24, 2.45) is 10.5 Å². The summed E-state index contributed by atoms with van der Waals surface area (Å²) in [5.41, 5.74) is 7.30. The fourth-order valence-corrected chi connectivity index (χ4v) is 12.8. The van der Waals surface area contributed by atoms with Crippen molar-refractivity contribution in [3.8, 4) is 5.75 Å². The number of hydrogen-bond donors (Lipinski definition) is 4. The molecule has 1 spiro atoms. The predicted octanol–water partition coefficient (Wildman–Crippen LogP) is 3.84. The highest BCUT2D eigenvalue weighted by Crippen LogP contribution is 2.67. The Balaban J connectivity index is 1.36. The second-order valence-corrected chi connectivity index (χ2v) is 17.1. The molecular formula is C42H51N7O7. The third kappa shape index (κ3) is 4.42. The van der Waals surface area contributed by atoms with Crippen LogP contribution in [0.15, 0.2) is 53.7 Å². The molecule has 1 aromatic heterocycles. The number of likely N-dealkylation sites (N-methyl/N-ethyl adjacent to an activating group) is 1. The van der Waals surface area contributed by atoms with Gasteiger partial charge in [-0.15, -0.1) is 0 Å². The summed E-state index contributed by atoms with van der Waals surface area (Å²) in [6.07, 6.45) is 5.24. The van der Waals surface area contributed by atoms with Crippen molar-refractivity contribution in [3.05, 3.63) is 81.4 Å². The van der Waals surface area contributed by atoms with Gasteiger partial charge in [0.15, 0.2) is 5.60 Å². The fourth-order valence-electron chi connectivity index (χ4n) is 12.8. The van der Waals surface area contributed by atoms with Crippen LogP contribution in [0.4, 0.5) is 5.69 Å². The van der Waals surface area contributed by atoms with Crippen molar-refractivity contribution in [2.75, 3.05) is 52.3 Å². The van der Waals surface area contributed by atoms with Gasteiger partial charge < -0.3 is 34.7 Å². The van der Waals surface area contributed by atoms with Crippen molar-refractivity contribution >= 4 is 28.5 Å². The Hall–Kier alpha value is -4.43. The fraction of sp³-hybridized carbons (Fsp3) is 0.571. The van der Waals surface area contributed by atoms with Gasteiger partial charge in [-0.1, -0.05) is 44.2 Å². The van der Waals surface area contributed by atoms with Gasteiger partial charge in [0.05, 0.1) is 25.9 Å². The number of benzene rings is 2. The molecule has 9 rings (SSSR count). The summed E-state index contributed by atoms with van der Waals surface area (Å²) in [6, 6.07) is 10.4. The zero-order valence-electron chi connectivity index (χ0n) is 32.7. The summed E-state index contributed by atoms with van der Waals surface area (Å²) in [6.45, 7) is 6.40. The number of amides is 1. The second-order valence-electron chi connectivity index (χ2n) is 17.1. The standard InChI is InChI=1S/C42H51N7O7/c1-6-38(53)21-24-22-41(37(52)56-5,32-26(13-17-49(24)23-38)25-11-8-9-12-29(25)44-32)28-19-27-30(20-31(28)55-4)47(3)34-40(27)15-18-48-16-10-14-39(7-2,33(40)48)35(50)42(34,54)36(51)45-46-43/h8-12,14,19-20,24,33-35,44,50,53-54H,6-7,13,15-18,21-23H2,1-5H3/t24?,33-,34?,35?,38-,39+,40+,41?,42-/m0/s1. The van der Waals surface area contributed by atoms with Crippen LogP contribution in [0.2, 0.25) is 0 Å². The van der Waals surface area contributed by atoms with E-state index >= 15 is 4.79 Å². The van der Waals surface area contributed by atoms with Crippen molar-refractivity contribution in [3.63, 3.8) is 0 Å². The normalized spacial score (nSPS) is 37.1. The quantitative estimate of drug-likeness (QED) is 0.0945. The molecule has 296 valence electrons. The minimum atomic E-state index is -2.49. The Morgan fingerprint density at radius 2 is 1.84 bits per heavy atom. The van der Waals surface area contributed by atoms with Crippen LogP contribution < -0.4 is 9.64 Å². The second kappa shape index (κ2) is 12.5. The van der Waals surface area contributed by atoms with Gasteiger partial charge in [0.1, 0.15) is 17.3 Å². The first-order chi connectivity index (χ1) is 26.8. The summed E-state index contributed by atoms with van der Waals surface area (Å²) < 4.78 is 12.2. The van der Waals surface area contributed by atoms with E-state index in [2.05, 4.69) is 30.9 Å². The molecule has 14 heteroatoms. The SMILES string of the molecule is CC[C@]1(O)CC2CC(C(=O)OC)(c3cc4c(cc3OC)N(C)C3[C@@](O)(C(=O)N=[N+]=[N-])C(O)[C@]5(CC)C=CCN6CC[C@]43[C@@H]65)c3[nH]c4ccccc4c3CCN2C1. The lowest BCUT2D eigenvalue weighted by atomic mass is 9.47. The van der Waals surface area contributed by atoms with Crippen LogP contribution in [0.3, 0.4) is 0 Å². The summed E-state index contributed by atoms with van der Waals surface area (Å²) in [4.78, 5) is 42.2. The first-order valence-corrected chi connectivity index (χ1v) is 19.9. The van der Waals surface area contributed by atoms with Gasteiger partial charge in [0, 0.05) is 88.4 Å². The van der Waals surface area contributed by atoms with Gasteiger partial charge in [0.25, 0.3) is 5.91 Å². The predicted molar refractivity (Wildman–Crippen MR) is 208 cm³/mol. The number of hydrogen-bond acceptors (Lipinski definition) is 10. The van der Waals surface area contributed by atoms with Crippen molar-refractivity contribution in [1.82, 2.24) is 14.8 Å². The number of methoxy groups -OCH3 is 2. The molecule has 4 N–H and O–H groups in total. The summed E-state index contributed by atoms with van der Waals surface area (Å²) in [7, 11) is 4.77. The maximum atomic E-state index is 15.1. The monoisotopic (exact) mass is 765 g/mol. The van der Waals surface area contributed by atoms with Crippen LogP contribution in [-0.4, -0.2) is 125 Å². The topological polar surface area (TPSA) is 188 Å². The molecule has 1 aliphatic carbocycles. The molecule has 4 unspecified atom stereocenters. The van der Waals surface area contributed by atoms with E-state index in [1.165, 1.54) is 7.11 Å². The number of fused-ring (bicyclic) bond motifs is 5. The first kappa shape index (κ1) is 37.2. The third-order valence-electron chi connectivity index (χ3n) is 15.2. The first-order valence-electron chi connectivity index (χ1n) is 19.9. The number of aromatic nitrogens is 1. The Bertz CT molecular complexity index is 2240. The maximum Gasteiger partial charge on any atom is 0.322 e. The highest BCUT2D eigenvalue weighted by molar-refractivity contribution is 5.95. The Kier molecular flexibility index (Phi) is 8.32. The molecule has 9 atom stereocenters. The van der Waals surface area contributed by atoms with Crippen molar-refractivity contribution < 1.29 is 34.4 Å². The van der Waals surface area contributed by atoms with E-state index in [1.54, 1.807) is 14.2 Å². The number of ether oxygens (including phenoxy) is 2. The highest BCUT2D eigenvalue weighted by Gasteiger charge is 2.78. The number of aromatic amines is 1. The number of anilines is 1. The van der Waals surface area contributed by atoms with Crippen LogP contribution in [0.5, 0.6) is 5.75 Å². The molecule has 6 aliphatic rings. The van der Waals surface area contributed by atoms with E-state index in [0.717, 1.165) is 27.7 Å². The van der Waals surface area contributed by atoms with E-state index in [9.17, 15) is 25.6 Å². The number of rotatable bonds is 6. The zero-order chi connectivity index (χ0) is 39.6. The van der Waals surface area contributed by atoms with Crippen LogP contribution >= 0.6 is 0 Å². The van der Waals surface area contributed by atoms with Crippen LogP contribution in [0, 0.1) is 5.41 Å². The number of azide groups is 1. The van der Waals surface area contributed by atoms with Crippen LogP contribution in [0.1, 0.15) is 68.3 Å². The minimum absolute atomic E-state index is 0.181. The maximum absolute atomic E-state index is 15.1. The molecule has 1 saturated carbocycles. The number of aliphatic hydroxyl groups is 3. The Labute approximate surface area is 325 Å². The van der Waals surface area contributed by atoms with Gasteiger partial charge in [-0.25, -0.2) is 0 Å². The lowest BCUT2D eigenvalue weighted by molar-refractivity contribution is -0.201. The molecule has 6 heterocycles. The van der Waals surface area contributed by atoms with Gasteiger partial charge >= 0.3 is 5.97 Å². The third-order valence-corrected chi connectivity index (χ3v) is 15.2. The summed E-state index contributed by atoms with van der Waals surface area (Å²) in [5.74, 6) is -1.18. The van der Waals surface area contributed by atoms with E-state index < -0.39 is 51.5 Å². The Morgan fingerprint density at radius 3 is 2.55 bits per heavy atom.